The van der Waals surface area contributed by atoms with Crippen LogP contribution in [0.2, 0.25) is 0 Å². The molecule has 7 heteroatoms. The van der Waals surface area contributed by atoms with E-state index in [1.165, 1.54) is 17.3 Å². The summed E-state index contributed by atoms with van der Waals surface area (Å²) in [5, 5.41) is 0. The maximum absolute atomic E-state index is 13.3. The highest BCUT2D eigenvalue weighted by Gasteiger charge is 2.23. The lowest BCUT2D eigenvalue weighted by Gasteiger charge is -2.39. The Kier molecular flexibility index (Phi) is 10.1. The first-order valence-electron chi connectivity index (χ1n) is 12.1. The van der Waals surface area contributed by atoms with Crippen LogP contribution in [-0.4, -0.2) is 50.6 Å². The number of piperazine rings is 1. The number of aryl methyl sites for hydroxylation is 1. The number of nitrogens with one attached hydrogen (secondary N) is 1. The van der Waals surface area contributed by atoms with E-state index in [1.807, 2.05) is 45.1 Å². The smallest absolute Gasteiger partial charge is 0.264 e. The minimum atomic E-state index is -3.90. The molecule has 0 aliphatic carbocycles. The molecule has 1 aromatic rings. The Bertz CT molecular complexity index is 1240. The summed E-state index contributed by atoms with van der Waals surface area (Å²) < 4.78 is 29.2. The number of nitrogens with zero attached hydrogens (tertiary/aromatic N) is 3. The van der Waals surface area contributed by atoms with Crippen molar-refractivity contribution in [2.45, 2.75) is 41.5 Å². The Morgan fingerprint density at radius 3 is 2.11 bits per heavy atom. The Morgan fingerprint density at radius 1 is 1.03 bits per heavy atom. The van der Waals surface area contributed by atoms with Crippen molar-refractivity contribution in [2.75, 3.05) is 30.9 Å². The maximum Gasteiger partial charge on any atom is 0.264 e. The molecule has 1 aliphatic heterocycles. The number of rotatable bonds is 10. The average molecular weight is 509 g/mol. The van der Waals surface area contributed by atoms with Crippen molar-refractivity contribution < 1.29 is 8.42 Å². The van der Waals surface area contributed by atoms with E-state index in [9.17, 15) is 8.42 Å². The van der Waals surface area contributed by atoms with E-state index in [4.69, 9.17) is 0 Å². The summed E-state index contributed by atoms with van der Waals surface area (Å²) in [7, 11) is -3.90. The van der Waals surface area contributed by atoms with Gasteiger partial charge in [0.25, 0.3) is 10.0 Å². The lowest BCUT2D eigenvalue weighted by Crippen LogP contribution is -2.44. The Balaban J connectivity index is 2.25. The zero-order chi connectivity index (χ0) is 27.0. The minimum absolute atomic E-state index is 0.0391. The van der Waals surface area contributed by atoms with Gasteiger partial charge in [-0.05, 0) is 82.5 Å². The van der Waals surface area contributed by atoms with Crippen LogP contribution in [0.15, 0.2) is 88.6 Å². The van der Waals surface area contributed by atoms with Gasteiger partial charge in [-0.15, -0.1) is 0 Å². The fraction of sp³-hybridized carbons (Fsp3) is 0.345. The lowest BCUT2D eigenvalue weighted by atomic mass is 10.1. The molecule has 1 aromatic carbocycles. The second-order valence-electron chi connectivity index (χ2n) is 8.92. The van der Waals surface area contributed by atoms with Crippen LogP contribution in [0.3, 0.4) is 0 Å². The topological polar surface area (TPSA) is 65.0 Å². The molecular weight excluding hydrogens is 468 g/mol. The third-order valence-electron chi connectivity index (χ3n) is 6.28. The van der Waals surface area contributed by atoms with E-state index in [1.54, 1.807) is 19.2 Å². The third-order valence-corrected chi connectivity index (χ3v) is 7.71. The Labute approximate surface area is 217 Å². The summed E-state index contributed by atoms with van der Waals surface area (Å²) in [5.74, 6) is 0. The van der Waals surface area contributed by atoms with Gasteiger partial charge in [-0.25, -0.2) is 8.42 Å². The van der Waals surface area contributed by atoms with E-state index >= 15 is 0 Å². The molecule has 0 radical (unpaired) electrons. The number of sulfonamides is 1. The molecule has 1 aliphatic rings. The zero-order valence-corrected chi connectivity index (χ0v) is 23.4. The van der Waals surface area contributed by atoms with Gasteiger partial charge in [-0.1, -0.05) is 37.5 Å². The SMILES string of the molecule is C=CC(=C(C)C)N1CCN(C(=C)c2ccc(NS(=O)(=O)/C(C=C)=C(N=CC)/C(C)=C\C)c(C)c2)CC1. The molecule has 36 heavy (non-hydrogen) atoms. The summed E-state index contributed by atoms with van der Waals surface area (Å²) in [5.41, 5.74) is 6.79. The maximum atomic E-state index is 13.3. The monoisotopic (exact) mass is 508 g/mol. The fourth-order valence-electron chi connectivity index (χ4n) is 4.17. The number of hydrogen-bond acceptors (Lipinski definition) is 5. The number of benzene rings is 1. The van der Waals surface area contributed by atoms with Gasteiger partial charge in [0.2, 0.25) is 0 Å². The summed E-state index contributed by atoms with van der Waals surface area (Å²) in [6.45, 7) is 27.0. The molecule has 0 saturated carbocycles. The fourth-order valence-corrected chi connectivity index (χ4v) is 5.48. The van der Waals surface area contributed by atoms with Crippen LogP contribution in [0.25, 0.3) is 5.70 Å². The van der Waals surface area contributed by atoms with Gasteiger partial charge in [-0.2, -0.15) is 0 Å². The number of hydrogen-bond donors (Lipinski definition) is 1. The lowest BCUT2D eigenvalue weighted by molar-refractivity contribution is 0.217. The zero-order valence-electron chi connectivity index (χ0n) is 22.6. The number of aliphatic imine (C=N–C) groups is 1. The molecule has 0 bridgehead atoms. The van der Waals surface area contributed by atoms with Crippen LogP contribution in [0.4, 0.5) is 5.69 Å². The molecule has 1 N–H and O–H groups in total. The summed E-state index contributed by atoms with van der Waals surface area (Å²) in [4.78, 5) is 8.95. The second-order valence-corrected chi connectivity index (χ2v) is 10.6. The molecule has 0 atom stereocenters. The standard InChI is InChI=1S/C29H40N4O2S/c1-10-22(7)29(30-13-4)28(12-3)36(34,35)31-26-15-14-25(20-23(26)8)24(9)32-16-18-33(19-17-32)27(11-2)21(5)6/h10-15,20,31H,2-3,9,16-19H2,1,4-8H3/b22-10-,29-28-,30-13?. The van der Waals surface area contributed by atoms with Gasteiger partial charge in [0.15, 0.2) is 0 Å². The van der Waals surface area contributed by atoms with Crippen molar-refractivity contribution in [1.82, 2.24) is 9.80 Å². The van der Waals surface area contributed by atoms with Crippen molar-refractivity contribution in [3.05, 3.63) is 94.7 Å². The van der Waals surface area contributed by atoms with Gasteiger partial charge < -0.3 is 9.80 Å². The van der Waals surface area contributed by atoms with E-state index in [2.05, 4.69) is 53.1 Å². The quantitative estimate of drug-likeness (QED) is 0.299. The molecule has 1 heterocycles. The van der Waals surface area contributed by atoms with Crippen LogP contribution in [0, 0.1) is 6.92 Å². The molecule has 194 valence electrons. The first-order chi connectivity index (χ1) is 17.0. The highest BCUT2D eigenvalue weighted by molar-refractivity contribution is 7.96. The normalized spacial score (nSPS) is 15.4. The van der Waals surface area contributed by atoms with Crippen molar-refractivity contribution in [3.63, 3.8) is 0 Å². The van der Waals surface area contributed by atoms with Crippen molar-refractivity contribution >= 4 is 27.6 Å². The van der Waals surface area contributed by atoms with Crippen molar-refractivity contribution in [2.24, 2.45) is 4.99 Å². The number of allylic oxidation sites excluding steroid dienone is 5. The molecule has 0 amide bonds. The van der Waals surface area contributed by atoms with Crippen molar-refractivity contribution in [1.29, 1.82) is 0 Å². The average Bonchev–Trinajstić information content (AvgIpc) is 2.84. The second kappa shape index (κ2) is 12.6. The van der Waals surface area contributed by atoms with Crippen LogP contribution in [0.5, 0.6) is 0 Å². The Hall–Kier alpha value is -3.32. The van der Waals surface area contributed by atoms with E-state index in [0.29, 0.717) is 11.4 Å². The van der Waals surface area contributed by atoms with E-state index in [-0.39, 0.29) is 4.91 Å². The van der Waals surface area contributed by atoms with Gasteiger partial charge in [0.05, 0.1) is 11.4 Å². The van der Waals surface area contributed by atoms with Crippen LogP contribution in [-0.2, 0) is 10.0 Å². The predicted octanol–water partition coefficient (Wildman–Crippen LogP) is 6.26. The van der Waals surface area contributed by atoms with Crippen LogP contribution >= 0.6 is 0 Å². The molecular formula is C29H40N4O2S. The molecule has 0 unspecified atom stereocenters. The summed E-state index contributed by atoms with van der Waals surface area (Å²) in [6, 6.07) is 5.66. The Morgan fingerprint density at radius 2 is 1.64 bits per heavy atom. The highest BCUT2D eigenvalue weighted by Crippen LogP contribution is 2.28. The molecule has 2 rings (SSSR count). The molecule has 0 spiro atoms. The molecule has 6 nitrogen and oxygen atoms in total. The van der Waals surface area contributed by atoms with Crippen LogP contribution in [0.1, 0.15) is 45.7 Å². The number of anilines is 1. The van der Waals surface area contributed by atoms with Gasteiger partial charge in [0.1, 0.15) is 4.91 Å². The molecule has 1 saturated heterocycles. The minimum Gasteiger partial charge on any atom is -0.368 e. The summed E-state index contributed by atoms with van der Waals surface area (Å²) >= 11 is 0. The van der Waals surface area contributed by atoms with Crippen molar-refractivity contribution in [3.8, 4) is 0 Å². The highest BCUT2D eigenvalue weighted by atomic mass is 32.2. The third kappa shape index (κ3) is 6.66. The van der Waals surface area contributed by atoms with E-state index in [0.717, 1.165) is 48.6 Å². The summed E-state index contributed by atoms with van der Waals surface area (Å²) in [6.07, 6.45) is 6.65. The molecule has 1 fully saturated rings. The van der Waals surface area contributed by atoms with Gasteiger partial charge >= 0.3 is 0 Å². The van der Waals surface area contributed by atoms with E-state index < -0.39 is 10.0 Å². The molecule has 0 aromatic heterocycles. The van der Waals surface area contributed by atoms with Gasteiger partial charge in [0, 0.05) is 43.8 Å². The van der Waals surface area contributed by atoms with Gasteiger partial charge in [-0.3, -0.25) is 9.71 Å². The first-order valence-corrected chi connectivity index (χ1v) is 13.6. The van der Waals surface area contributed by atoms with Crippen LogP contribution < -0.4 is 4.72 Å². The largest absolute Gasteiger partial charge is 0.368 e. The predicted molar refractivity (Wildman–Crippen MR) is 155 cm³/mol. The first kappa shape index (κ1) is 28.9.